The van der Waals surface area contributed by atoms with Crippen LogP contribution >= 0.6 is 0 Å². The van der Waals surface area contributed by atoms with Gasteiger partial charge in [0.05, 0.1) is 6.61 Å². The van der Waals surface area contributed by atoms with Crippen molar-refractivity contribution in [2.45, 2.75) is 59.9 Å². The summed E-state index contributed by atoms with van der Waals surface area (Å²) < 4.78 is 14.9. The van der Waals surface area contributed by atoms with Gasteiger partial charge in [-0.1, -0.05) is 27.4 Å². The molecule has 1 aliphatic carbocycles. The number of hydrogen-bond donors (Lipinski definition) is 2. The van der Waals surface area contributed by atoms with Crippen molar-refractivity contribution in [3.63, 3.8) is 0 Å². The van der Waals surface area contributed by atoms with Crippen molar-refractivity contribution in [2.24, 2.45) is 10.8 Å². The van der Waals surface area contributed by atoms with E-state index in [2.05, 4.69) is 38.0 Å². The highest BCUT2D eigenvalue weighted by Gasteiger charge is 2.42. The maximum absolute atomic E-state index is 11.9. The number of ether oxygens (including phenoxy) is 3. The van der Waals surface area contributed by atoms with E-state index in [-0.39, 0.29) is 30.1 Å². The molecule has 8 nitrogen and oxygen atoms in total. The Bertz CT molecular complexity index is 589. The topological polar surface area (TPSA) is 103 Å². The zero-order valence-electron chi connectivity index (χ0n) is 17.7. The Morgan fingerprint density at radius 2 is 1.68 bits per heavy atom. The first-order valence-electron chi connectivity index (χ1n) is 9.63. The molecule has 0 radical (unpaired) electrons. The zero-order chi connectivity index (χ0) is 21.4. The van der Waals surface area contributed by atoms with Gasteiger partial charge >= 0.3 is 18.2 Å². The second-order valence-electron chi connectivity index (χ2n) is 8.53. The molecular formula is C20H34N2O6. The molecule has 0 aliphatic heterocycles. The van der Waals surface area contributed by atoms with Crippen molar-refractivity contribution in [2.75, 3.05) is 26.4 Å². The van der Waals surface area contributed by atoms with Gasteiger partial charge in [-0.2, -0.15) is 0 Å². The van der Waals surface area contributed by atoms with Crippen LogP contribution in [0.15, 0.2) is 12.2 Å². The number of carbonyl (C=O) groups excluding carboxylic acids is 3. The van der Waals surface area contributed by atoms with E-state index in [0.29, 0.717) is 18.7 Å². The average molecular weight is 399 g/mol. The molecule has 2 N–H and O–H groups in total. The van der Waals surface area contributed by atoms with Crippen molar-refractivity contribution in [1.29, 1.82) is 0 Å². The number of nitrogens with one attached hydrogen (secondary N) is 2. The summed E-state index contributed by atoms with van der Waals surface area (Å²) >= 11 is 0. The third-order valence-corrected chi connectivity index (χ3v) is 4.60. The molecular weight excluding hydrogens is 364 g/mol. The molecule has 0 unspecified atom stereocenters. The smallest absolute Gasteiger partial charge is 0.407 e. The van der Waals surface area contributed by atoms with Crippen LogP contribution in [0.4, 0.5) is 9.59 Å². The van der Waals surface area contributed by atoms with Crippen molar-refractivity contribution in [3.05, 3.63) is 12.2 Å². The van der Waals surface area contributed by atoms with Crippen LogP contribution in [-0.2, 0) is 19.0 Å². The van der Waals surface area contributed by atoms with E-state index >= 15 is 0 Å². The van der Waals surface area contributed by atoms with Crippen molar-refractivity contribution >= 4 is 18.2 Å². The van der Waals surface area contributed by atoms with Crippen molar-refractivity contribution < 1.29 is 28.6 Å². The van der Waals surface area contributed by atoms with Crippen LogP contribution in [0, 0.1) is 10.8 Å². The second-order valence-corrected chi connectivity index (χ2v) is 8.53. The molecule has 8 heteroatoms. The van der Waals surface area contributed by atoms with Crippen LogP contribution in [0.5, 0.6) is 0 Å². The minimum Gasteiger partial charge on any atom is -0.459 e. The Labute approximate surface area is 167 Å². The Balaban J connectivity index is 2.47. The molecule has 0 aromatic heterocycles. The van der Waals surface area contributed by atoms with Gasteiger partial charge in [-0.05, 0) is 43.9 Å². The molecule has 2 amide bonds. The molecule has 0 saturated heterocycles. The predicted octanol–water partition coefficient (Wildman–Crippen LogP) is 3.16. The van der Waals surface area contributed by atoms with E-state index < -0.39 is 18.2 Å². The second kappa shape index (κ2) is 10.3. The van der Waals surface area contributed by atoms with Crippen LogP contribution in [0.2, 0.25) is 0 Å². The summed E-state index contributed by atoms with van der Waals surface area (Å²) in [6.45, 7) is 13.9. The summed E-state index contributed by atoms with van der Waals surface area (Å²) in [6, 6.07) is -0.0211. The van der Waals surface area contributed by atoms with Gasteiger partial charge in [0.25, 0.3) is 0 Å². The molecule has 1 saturated carbocycles. The lowest BCUT2D eigenvalue weighted by Crippen LogP contribution is -2.50. The zero-order valence-corrected chi connectivity index (χ0v) is 17.7. The van der Waals surface area contributed by atoms with E-state index in [4.69, 9.17) is 14.2 Å². The van der Waals surface area contributed by atoms with Gasteiger partial charge in [0.2, 0.25) is 0 Å². The summed E-state index contributed by atoms with van der Waals surface area (Å²) in [5.41, 5.74) is 0.111. The highest BCUT2D eigenvalue weighted by molar-refractivity contribution is 5.86. The normalized spacial score (nSPS) is 23.2. The summed E-state index contributed by atoms with van der Waals surface area (Å²) in [5.74, 6) is -0.513. The van der Waals surface area contributed by atoms with Crippen LogP contribution in [0.1, 0.15) is 53.9 Å². The number of hydrogen-bond acceptors (Lipinski definition) is 6. The summed E-state index contributed by atoms with van der Waals surface area (Å²) in [6.07, 6.45) is 1.50. The molecule has 0 heterocycles. The third-order valence-electron chi connectivity index (χ3n) is 4.60. The van der Waals surface area contributed by atoms with Crippen molar-refractivity contribution in [3.8, 4) is 0 Å². The Kier molecular flexibility index (Phi) is 8.78. The lowest BCUT2D eigenvalue weighted by atomic mass is 9.62. The van der Waals surface area contributed by atoms with Gasteiger partial charge in [0.15, 0.2) is 0 Å². The van der Waals surface area contributed by atoms with E-state index in [1.54, 1.807) is 13.8 Å². The van der Waals surface area contributed by atoms with Crippen LogP contribution in [0.3, 0.4) is 0 Å². The summed E-state index contributed by atoms with van der Waals surface area (Å²) in [4.78, 5) is 35.0. The number of amides is 2. The fraction of sp³-hybridized carbons (Fsp3) is 0.750. The maximum atomic E-state index is 11.9. The quantitative estimate of drug-likeness (QED) is 0.282. The van der Waals surface area contributed by atoms with Crippen LogP contribution in [0.25, 0.3) is 0 Å². The molecule has 160 valence electrons. The molecule has 0 aromatic rings. The minimum absolute atomic E-state index is 0.0134. The first-order chi connectivity index (χ1) is 13.0. The van der Waals surface area contributed by atoms with E-state index in [1.165, 1.54) is 0 Å². The Morgan fingerprint density at radius 1 is 1.04 bits per heavy atom. The molecule has 1 rings (SSSR count). The van der Waals surface area contributed by atoms with Gasteiger partial charge in [-0.3, -0.25) is 0 Å². The third kappa shape index (κ3) is 8.63. The standard InChI is InChI=1S/C20H34N2O6/c1-7-26-18(25)22-15-10-19(4,5)12-20(6,11-15)13-21-17(24)28-9-8-27-16(23)14(2)3/h15H,2,7-13H2,1,3-6H3,(H,21,24)(H,22,25)/t15-,20+/m1/s1. The number of rotatable bonds is 8. The Hall–Kier alpha value is -2.25. The number of esters is 1. The lowest BCUT2D eigenvalue weighted by Gasteiger charge is -2.46. The fourth-order valence-electron chi connectivity index (χ4n) is 3.94. The van der Waals surface area contributed by atoms with E-state index in [0.717, 1.165) is 19.3 Å². The monoisotopic (exact) mass is 398 g/mol. The van der Waals surface area contributed by atoms with Gasteiger partial charge in [-0.25, -0.2) is 14.4 Å². The molecule has 1 fully saturated rings. The Morgan fingerprint density at radius 3 is 2.29 bits per heavy atom. The molecule has 0 spiro atoms. The molecule has 2 atom stereocenters. The fourth-order valence-corrected chi connectivity index (χ4v) is 3.94. The van der Waals surface area contributed by atoms with Gasteiger partial charge in [0.1, 0.15) is 13.2 Å². The first-order valence-corrected chi connectivity index (χ1v) is 9.63. The summed E-state index contributed by atoms with van der Waals surface area (Å²) in [7, 11) is 0. The van der Waals surface area contributed by atoms with Crippen LogP contribution in [-0.4, -0.2) is 50.6 Å². The highest BCUT2D eigenvalue weighted by Crippen LogP contribution is 2.45. The van der Waals surface area contributed by atoms with Gasteiger partial charge in [-0.15, -0.1) is 0 Å². The molecule has 0 bridgehead atoms. The largest absolute Gasteiger partial charge is 0.459 e. The van der Waals surface area contributed by atoms with E-state index in [1.807, 2.05) is 0 Å². The highest BCUT2D eigenvalue weighted by atomic mass is 16.6. The number of alkyl carbamates (subject to hydrolysis) is 2. The van der Waals surface area contributed by atoms with Gasteiger partial charge < -0.3 is 24.8 Å². The average Bonchev–Trinajstić information content (AvgIpc) is 2.55. The minimum atomic E-state index is -0.564. The molecule has 1 aliphatic rings. The maximum Gasteiger partial charge on any atom is 0.407 e. The summed E-state index contributed by atoms with van der Waals surface area (Å²) in [5, 5.41) is 5.70. The number of carbonyl (C=O) groups is 3. The first kappa shape index (κ1) is 23.8. The molecule has 0 aromatic carbocycles. The van der Waals surface area contributed by atoms with Crippen molar-refractivity contribution in [1.82, 2.24) is 10.6 Å². The predicted molar refractivity (Wildman–Crippen MR) is 105 cm³/mol. The SMILES string of the molecule is C=C(C)C(=O)OCCOC(=O)NC[C@@]1(C)C[C@H](NC(=O)OCC)CC(C)(C)C1. The lowest BCUT2D eigenvalue weighted by molar-refractivity contribution is -0.139. The van der Waals surface area contributed by atoms with Crippen LogP contribution < -0.4 is 10.6 Å². The van der Waals surface area contributed by atoms with E-state index in [9.17, 15) is 14.4 Å². The van der Waals surface area contributed by atoms with Gasteiger partial charge in [0, 0.05) is 18.2 Å². The molecule has 28 heavy (non-hydrogen) atoms.